The van der Waals surface area contributed by atoms with Gasteiger partial charge < -0.3 is 10.2 Å². The second-order valence-electron chi connectivity index (χ2n) is 6.08. The van der Waals surface area contributed by atoms with Crippen LogP contribution in [0.1, 0.15) is 49.4 Å². The summed E-state index contributed by atoms with van der Waals surface area (Å²) in [4.78, 5) is 27.0. The first-order chi connectivity index (χ1) is 10.2. The summed E-state index contributed by atoms with van der Waals surface area (Å²) in [6.07, 6.45) is 5.20. The molecule has 2 amide bonds. The molecule has 0 saturated heterocycles. The Kier molecular flexibility index (Phi) is 3.95. The molecule has 1 aromatic carbocycles. The van der Waals surface area contributed by atoms with Gasteiger partial charge >= 0.3 is 0 Å². The predicted octanol–water partition coefficient (Wildman–Crippen LogP) is 2.73. The van der Waals surface area contributed by atoms with E-state index in [1.807, 2.05) is 30.0 Å². The fourth-order valence-corrected chi connectivity index (χ4v) is 3.11. The van der Waals surface area contributed by atoms with E-state index < -0.39 is 6.04 Å². The zero-order valence-corrected chi connectivity index (χ0v) is 12.5. The van der Waals surface area contributed by atoms with Crippen LogP contribution in [-0.4, -0.2) is 24.4 Å². The summed E-state index contributed by atoms with van der Waals surface area (Å²) in [7, 11) is 0. The highest BCUT2D eigenvalue weighted by atomic mass is 16.2. The highest BCUT2D eigenvalue weighted by Crippen LogP contribution is 2.32. The van der Waals surface area contributed by atoms with Crippen molar-refractivity contribution in [2.24, 2.45) is 5.92 Å². The quantitative estimate of drug-likeness (QED) is 0.925. The Morgan fingerprint density at radius 1 is 1.24 bits per heavy atom. The molecule has 2 aliphatic rings. The van der Waals surface area contributed by atoms with Gasteiger partial charge in [-0.2, -0.15) is 0 Å². The molecule has 3 rings (SSSR count). The minimum absolute atomic E-state index is 0.0436. The zero-order valence-electron chi connectivity index (χ0n) is 12.5. The number of hydrogen-bond acceptors (Lipinski definition) is 2. The molecule has 0 bridgehead atoms. The van der Waals surface area contributed by atoms with Crippen molar-refractivity contribution in [3.63, 3.8) is 0 Å². The number of para-hydroxylation sites is 1. The van der Waals surface area contributed by atoms with E-state index in [9.17, 15) is 9.59 Å². The van der Waals surface area contributed by atoms with Crippen LogP contribution in [0, 0.1) is 5.92 Å². The Balaban J connectivity index is 1.96. The van der Waals surface area contributed by atoms with Crippen LogP contribution in [0.4, 0.5) is 5.69 Å². The molecule has 1 aliphatic heterocycles. The van der Waals surface area contributed by atoms with Crippen LogP contribution >= 0.6 is 0 Å². The van der Waals surface area contributed by atoms with Gasteiger partial charge in [0, 0.05) is 6.54 Å². The van der Waals surface area contributed by atoms with Gasteiger partial charge in [-0.3, -0.25) is 9.59 Å². The molecule has 0 spiro atoms. The van der Waals surface area contributed by atoms with Crippen LogP contribution in [0.2, 0.25) is 0 Å². The summed E-state index contributed by atoms with van der Waals surface area (Å²) in [5.41, 5.74) is 1.38. The van der Waals surface area contributed by atoms with E-state index in [1.54, 1.807) is 6.07 Å². The number of benzene rings is 1. The van der Waals surface area contributed by atoms with Gasteiger partial charge in [-0.05, 0) is 37.3 Å². The lowest BCUT2D eigenvalue weighted by Gasteiger charge is -2.33. The first-order valence-electron chi connectivity index (χ1n) is 7.92. The van der Waals surface area contributed by atoms with Crippen LogP contribution in [0.15, 0.2) is 24.3 Å². The Labute approximate surface area is 125 Å². The number of carbonyl (C=O) groups is 2. The van der Waals surface area contributed by atoms with Crippen LogP contribution in [0.25, 0.3) is 0 Å². The number of nitrogens with zero attached hydrogens (tertiary/aromatic N) is 1. The van der Waals surface area contributed by atoms with E-state index in [0.717, 1.165) is 18.7 Å². The molecule has 1 fully saturated rings. The van der Waals surface area contributed by atoms with Crippen molar-refractivity contribution in [1.82, 2.24) is 5.32 Å². The van der Waals surface area contributed by atoms with Gasteiger partial charge in [0.1, 0.15) is 6.04 Å². The Morgan fingerprint density at radius 2 is 2.00 bits per heavy atom. The Hall–Kier alpha value is -1.84. The van der Waals surface area contributed by atoms with Gasteiger partial charge in [-0.25, -0.2) is 0 Å². The van der Waals surface area contributed by atoms with Crippen LogP contribution < -0.4 is 10.2 Å². The lowest BCUT2D eigenvalue weighted by atomic mass is 9.85. The fourth-order valence-electron chi connectivity index (χ4n) is 3.11. The standard InChI is InChI=1S/C17H22N2O2/c1-2-6-14-17(21)19(11-12-7-5-8-12)15-10-4-3-9-13(15)16(20)18-14/h3-4,9-10,12,14H,2,5-8,11H2,1H3,(H,18,20). The second kappa shape index (κ2) is 5.88. The molecule has 1 aromatic rings. The third kappa shape index (κ3) is 2.67. The molecule has 1 unspecified atom stereocenters. The Morgan fingerprint density at radius 3 is 2.67 bits per heavy atom. The topological polar surface area (TPSA) is 49.4 Å². The highest BCUT2D eigenvalue weighted by Gasteiger charge is 2.34. The molecule has 4 nitrogen and oxygen atoms in total. The van der Waals surface area contributed by atoms with E-state index in [-0.39, 0.29) is 11.8 Å². The number of carbonyl (C=O) groups excluding carboxylic acids is 2. The molecule has 0 aromatic heterocycles. The van der Waals surface area contributed by atoms with Crippen molar-refractivity contribution in [3.05, 3.63) is 29.8 Å². The number of hydrogen-bond donors (Lipinski definition) is 1. The molecule has 1 aliphatic carbocycles. The van der Waals surface area contributed by atoms with Gasteiger partial charge in [-0.1, -0.05) is 31.9 Å². The molecule has 1 atom stereocenters. The average Bonchev–Trinajstić information content (AvgIpc) is 2.53. The minimum Gasteiger partial charge on any atom is -0.340 e. The smallest absolute Gasteiger partial charge is 0.254 e. The second-order valence-corrected chi connectivity index (χ2v) is 6.08. The predicted molar refractivity (Wildman–Crippen MR) is 82.3 cm³/mol. The molecule has 4 heteroatoms. The minimum atomic E-state index is -0.394. The molecular weight excluding hydrogens is 264 g/mol. The first-order valence-corrected chi connectivity index (χ1v) is 7.92. The summed E-state index contributed by atoms with van der Waals surface area (Å²) in [6.45, 7) is 2.78. The van der Waals surface area contributed by atoms with Crippen LogP contribution in [0.5, 0.6) is 0 Å². The molecule has 1 heterocycles. The lowest BCUT2D eigenvalue weighted by Crippen LogP contribution is -2.47. The summed E-state index contributed by atoms with van der Waals surface area (Å²) in [5, 5.41) is 2.89. The molecule has 21 heavy (non-hydrogen) atoms. The monoisotopic (exact) mass is 286 g/mol. The van der Waals surface area contributed by atoms with Gasteiger partial charge in [0.15, 0.2) is 0 Å². The average molecular weight is 286 g/mol. The van der Waals surface area contributed by atoms with Gasteiger partial charge in [0.2, 0.25) is 5.91 Å². The lowest BCUT2D eigenvalue weighted by molar-refractivity contribution is -0.120. The van der Waals surface area contributed by atoms with E-state index in [2.05, 4.69) is 5.32 Å². The van der Waals surface area contributed by atoms with Crippen molar-refractivity contribution in [2.45, 2.75) is 45.1 Å². The van der Waals surface area contributed by atoms with Gasteiger partial charge in [-0.15, -0.1) is 0 Å². The number of amides is 2. The fraction of sp³-hybridized carbons (Fsp3) is 0.529. The largest absolute Gasteiger partial charge is 0.340 e. The maximum absolute atomic E-state index is 12.8. The molecule has 1 N–H and O–H groups in total. The third-order valence-electron chi connectivity index (χ3n) is 4.55. The number of fused-ring (bicyclic) bond motifs is 1. The molecule has 0 radical (unpaired) electrons. The number of rotatable bonds is 4. The number of nitrogens with one attached hydrogen (secondary N) is 1. The summed E-state index contributed by atoms with van der Waals surface area (Å²) < 4.78 is 0. The normalized spacial score (nSPS) is 22.3. The van der Waals surface area contributed by atoms with Crippen molar-refractivity contribution >= 4 is 17.5 Å². The van der Waals surface area contributed by atoms with E-state index in [4.69, 9.17) is 0 Å². The van der Waals surface area contributed by atoms with E-state index in [1.165, 1.54) is 19.3 Å². The van der Waals surface area contributed by atoms with Crippen molar-refractivity contribution in [3.8, 4) is 0 Å². The van der Waals surface area contributed by atoms with Gasteiger partial charge in [0.25, 0.3) is 5.91 Å². The summed E-state index contributed by atoms with van der Waals surface area (Å²) in [5.74, 6) is 0.494. The number of anilines is 1. The van der Waals surface area contributed by atoms with Crippen LogP contribution in [-0.2, 0) is 4.79 Å². The van der Waals surface area contributed by atoms with Crippen molar-refractivity contribution in [2.75, 3.05) is 11.4 Å². The molecule has 1 saturated carbocycles. The van der Waals surface area contributed by atoms with E-state index in [0.29, 0.717) is 17.9 Å². The third-order valence-corrected chi connectivity index (χ3v) is 4.55. The first kappa shape index (κ1) is 14.1. The van der Waals surface area contributed by atoms with Crippen molar-refractivity contribution in [1.29, 1.82) is 0 Å². The summed E-state index contributed by atoms with van der Waals surface area (Å²) in [6, 6.07) is 7.05. The summed E-state index contributed by atoms with van der Waals surface area (Å²) >= 11 is 0. The maximum Gasteiger partial charge on any atom is 0.254 e. The zero-order chi connectivity index (χ0) is 14.8. The SMILES string of the molecule is CCCC1NC(=O)c2ccccc2N(CC2CCC2)C1=O. The Bertz CT molecular complexity index is 551. The molecular formula is C17H22N2O2. The van der Waals surface area contributed by atoms with Gasteiger partial charge in [0.05, 0.1) is 11.3 Å². The highest BCUT2D eigenvalue weighted by molar-refractivity contribution is 6.10. The van der Waals surface area contributed by atoms with Crippen LogP contribution in [0.3, 0.4) is 0 Å². The van der Waals surface area contributed by atoms with E-state index >= 15 is 0 Å². The molecule has 112 valence electrons. The van der Waals surface area contributed by atoms with Crippen molar-refractivity contribution < 1.29 is 9.59 Å². The maximum atomic E-state index is 12.8.